The molecule has 1 fully saturated rings. The highest BCUT2D eigenvalue weighted by molar-refractivity contribution is 7.80. The molecule has 35 heavy (non-hydrogen) atoms. The maximum Gasteiger partial charge on any atom is 0.170 e. The standard InChI is InChI=1S/C16H25N3O3S.C7H7ClFN.C2H6/c1-18(2)8-5-9-22-15-7-4-6-13(10-15)16-11-14(12-20)19(3)23(21)17-16;1-10-5-2-3-7(9)6(8)4-5;1-2/h4,6-7,10,12,14,16-17H,5,8-9,11H2,1-3H3;2-4,10H,1H3;1-2H3. The number of carbonyl (C=O) groups excluding carboxylic acids is 1. The van der Waals surface area contributed by atoms with E-state index in [9.17, 15) is 13.4 Å². The molecule has 1 heterocycles. The van der Waals surface area contributed by atoms with Gasteiger partial charge in [-0.15, -0.1) is 0 Å². The van der Waals surface area contributed by atoms with Crippen molar-refractivity contribution in [2.45, 2.75) is 38.8 Å². The van der Waals surface area contributed by atoms with Crippen LogP contribution in [0.2, 0.25) is 5.02 Å². The molecular weight excluding hydrogens is 491 g/mol. The van der Waals surface area contributed by atoms with Gasteiger partial charge < -0.3 is 19.7 Å². The highest BCUT2D eigenvalue weighted by atomic mass is 35.5. The van der Waals surface area contributed by atoms with Gasteiger partial charge in [0.05, 0.1) is 17.7 Å². The molecule has 0 aromatic heterocycles. The summed E-state index contributed by atoms with van der Waals surface area (Å²) in [6.07, 6.45) is 2.41. The average molecular weight is 529 g/mol. The zero-order chi connectivity index (χ0) is 26.4. The van der Waals surface area contributed by atoms with E-state index in [0.717, 1.165) is 36.3 Å². The summed E-state index contributed by atoms with van der Waals surface area (Å²) < 4.78 is 34.9. The van der Waals surface area contributed by atoms with Gasteiger partial charge in [-0.25, -0.2) is 17.6 Å². The number of halogens is 2. The Morgan fingerprint density at radius 3 is 2.60 bits per heavy atom. The van der Waals surface area contributed by atoms with Gasteiger partial charge in [0.15, 0.2) is 11.2 Å². The number of rotatable bonds is 8. The van der Waals surface area contributed by atoms with Crippen LogP contribution in [-0.2, 0) is 16.0 Å². The second-order valence-electron chi connectivity index (χ2n) is 7.86. The molecule has 0 bridgehead atoms. The first-order chi connectivity index (χ1) is 16.7. The van der Waals surface area contributed by atoms with Crippen LogP contribution in [0.1, 0.15) is 38.3 Å². The molecule has 1 saturated heterocycles. The van der Waals surface area contributed by atoms with Gasteiger partial charge in [-0.2, -0.15) is 0 Å². The molecule has 0 radical (unpaired) electrons. The van der Waals surface area contributed by atoms with E-state index in [1.54, 1.807) is 24.5 Å². The zero-order valence-electron chi connectivity index (χ0n) is 21.4. The van der Waals surface area contributed by atoms with Crippen molar-refractivity contribution in [3.63, 3.8) is 0 Å². The van der Waals surface area contributed by atoms with Crippen molar-refractivity contribution in [2.24, 2.45) is 0 Å². The van der Waals surface area contributed by atoms with E-state index in [1.165, 1.54) is 12.1 Å². The smallest absolute Gasteiger partial charge is 0.170 e. The molecule has 0 aliphatic carbocycles. The van der Waals surface area contributed by atoms with Crippen LogP contribution in [0.25, 0.3) is 0 Å². The van der Waals surface area contributed by atoms with Crippen molar-refractivity contribution in [3.8, 4) is 5.75 Å². The van der Waals surface area contributed by atoms with Crippen molar-refractivity contribution in [1.82, 2.24) is 13.9 Å². The quantitative estimate of drug-likeness (QED) is 0.384. The normalized spacial score (nSPS) is 19.6. The summed E-state index contributed by atoms with van der Waals surface area (Å²) in [5.74, 6) is 0.413. The maximum atomic E-state index is 12.5. The topological polar surface area (TPSA) is 73.9 Å². The fraction of sp³-hybridized carbons (Fsp3) is 0.480. The number of ether oxygens (including phenoxy) is 1. The van der Waals surface area contributed by atoms with Gasteiger partial charge >= 0.3 is 0 Å². The monoisotopic (exact) mass is 528 g/mol. The predicted octanol–water partition coefficient (Wildman–Crippen LogP) is 4.68. The Morgan fingerprint density at radius 1 is 1.29 bits per heavy atom. The molecule has 0 spiro atoms. The lowest BCUT2D eigenvalue weighted by atomic mass is 10.0. The van der Waals surface area contributed by atoms with Crippen molar-refractivity contribution in [3.05, 3.63) is 58.9 Å². The fourth-order valence-electron chi connectivity index (χ4n) is 3.15. The third-order valence-corrected chi connectivity index (χ3v) is 6.66. The summed E-state index contributed by atoms with van der Waals surface area (Å²) in [5.41, 5.74) is 1.80. The molecule has 0 saturated carbocycles. The minimum absolute atomic E-state index is 0.118. The van der Waals surface area contributed by atoms with Gasteiger partial charge in [0.2, 0.25) is 0 Å². The Balaban J connectivity index is 0.000000425. The van der Waals surface area contributed by atoms with Crippen LogP contribution >= 0.6 is 11.6 Å². The lowest BCUT2D eigenvalue weighted by Gasteiger charge is -2.33. The van der Waals surface area contributed by atoms with E-state index in [-0.39, 0.29) is 22.9 Å². The molecule has 1 aliphatic heterocycles. The van der Waals surface area contributed by atoms with E-state index in [1.807, 2.05) is 52.2 Å². The van der Waals surface area contributed by atoms with Crippen molar-refractivity contribution in [2.75, 3.05) is 46.7 Å². The van der Waals surface area contributed by atoms with E-state index >= 15 is 0 Å². The van der Waals surface area contributed by atoms with Crippen LogP contribution in [-0.4, -0.2) is 67.1 Å². The van der Waals surface area contributed by atoms with Gasteiger partial charge in [-0.3, -0.25) is 0 Å². The lowest BCUT2D eigenvalue weighted by molar-refractivity contribution is -0.111. The molecule has 2 aromatic carbocycles. The second kappa shape index (κ2) is 16.6. The van der Waals surface area contributed by atoms with E-state index in [0.29, 0.717) is 13.0 Å². The SMILES string of the molecule is CC.CN(C)CCCOc1cccc(C2CC(C=O)N(C)S(=O)N2)c1.CNc1ccc(F)c(Cl)c1. The minimum Gasteiger partial charge on any atom is -0.494 e. The van der Waals surface area contributed by atoms with Crippen LogP contribution < -0.4 is 14.8 Å². The molecule has 2 N–H and O–H groups in total. The molecule has 10 heteroatoms. The first kappa shape index (κ1) is 31.0. The second-order valence-corrected chi connectivity index (χ2v) is 9.58. The average Bonchev–Trinajstić information content (AvgIpc) is 2.87. The number of hydrogen-bond acceptors (Lipinski definition) is 5. The van der Waals surface area contributed by atoms with Gasteiger partial charge in [-0.05, 0) is 62.8 Å². The summed E-state index contributed by atoms with van der Waals surface area (Å²) in [6.45, 7) is 5.64. The lowest BCUT2D eigenvalue weighted by Crippen LogP contribution is -2.48. The number of nitrogens with one attached hydrogen (secondary N) is 2. The Bertz CT molecular complexity index is 935. The number of benzene rings is 2. The van der Waals surface area contributed by atoms with Gasteiger partial charge in [-0.1, -0.05) is 37.6 Å². The highest BCUT2D eigenvalue weighted by Crippen LogP contribution is 2.27. The van der Waals surface area contributed by atoms with Crippen LogP contribution in [0.5, 0.6) is 5.75 Å². The first-order valence-electron chi connectivity index (χ1n) is 11.6. The molecule has 2 aromatic rings. The fourth-order valence-corrected chi connectivity index (χ4v) is 4.36. The first-order valence-corrected chi connectivity index (χ1v) is 13.1. The molecule has 3 unspecified atom stereocenters. The molecule has 196 valence electrons. The number of nitrogens with zero attached hydrogens (tertiary/aromatic N) is 2. The third kappa shape index (κ3) is 10.6. The van der Waals surface area contributed by atoms with Gasteiger partial charge in [0.25, 0.3) is 0 Å². The predicted molar refractivity (Wildman–Crippen MR) is 144 cm³/mol. The minimum atomic E-state index is -1.36. The highest BCUT2D eigenvalue weighted by Gasteiger charge is 2.31. The molecule has 7 nitrogen and oxygen atoms in total. The van der Waals surface area contributed by atoms with E-state index in [2.05, 4.69) is 14.9 Å². The van der Waals surface area contributed by atoms with Crippen LogP contribution in [0, 0.1) is 5.82 Å². The van der Waals surface area contributed by atoms with Crippen LogP contribution in [0.3, 0.4) is 0 Å². The number of aldehydes is 1. The summed E-state index contributed by atoms with van der Waals surface area (Å²) in [5, 5.41) is 2.99. The molecule has 3 rings (SSSR count). The molecular formula is C25H38ClFN4O3S. The van der Waals surface area contributed by atoms with E-state index in [4.69, 9.17) is 16.3 Å². The van der Waals surface area contributed by atoms with Crippen molar-refractivity contribution >= 4 is 34.7 Å². The maximum absolute atomic E-state index is 12.5. The largest absolute Gasteiger partial charge is 0.494 e. The number of hydrogen-bond donors (Lipinski definition) is 2. The van der Waals surface area contributed by atoms with Crippen LogP contribution in [0.15, 0.2) is 42.5 Å². The number of likely N-dealkylation sites (N-methyl/N-ethyl adjacent to an activating group) is 1. The molecule has 3 atom stereocenters. The summed E-state index contributed by atoms with van der Waals surface area (Å²) in [6, 6.07) is 11.8. The van der Waals surface area contributed by atoms with E-state index < -0.39 is 11.2 Å². The van der Waals surface area contributed by atoms with Crippen LogP contribution in [0.4, 0.5) is 10.1 Å². The molecule has 0 amide bonds. The van der Waals surface area contributed by atoms with Gasteiger partial charge in [0, 0.05) is 32.4 Å². The summed E-state index contributed by atoms with van der Waals surface area (Å²) >= 11 is 4.12. The van der Waals surface area contributed by atoms with Gasteiger partial charge in [0.1, 0.15) is 17.9 Å². The Kier molecular flexibility index (Phi) is 14.7. The zero-order valence-corrected chi connectivity index (χ0v) is 23.0. The summed E-state index contributed by atoms with van der Waals surface area (Å²) in [4.78, 5) is 13.3. The number of anilines is 1. The Hall–Kier alpha value is -2.04. The number of carbonyl (C=O) groups is 1. The van der Waals surface area contributed by atoms with Crippen molar-refractivity contribution < 1.29 is 18.1 Å². The molecule has 1 aliphatic rings. The summed E-state index contributed by atoms with van der Waals surface area (Å²) in [7, 11) is 7.51. The van der Waals surface area contributed by atoms with Crippen molar-refractivity contribution in [1.29, 1.82) is 0 Å². The Labute approximate surface area is 216 Å². The Morgan fingerprint density at radius 2 is 2.00 bits per heavy atom. The third-order valence-electron chi connectivity index (χ3n) is 5.09.